The summed E-state index contributed by atoms with van der Waals surface area (Å²) < 4.78 is 5.27. The second kappa shape index (κ2) is 7.19. The van der Waals surface area contributed by atoms with Gasteiger partial charge in [-0.05, 0) is 43.5 Å². The number of benzene rings is 1. The number of carbonyl (C=O) groups is 1. The molecule has 1 aliphatic rings. The van der Waals surface area contributed by atoms with E-state index < -0.39 is 0 Å². The molecule has 1 aliphatic heterocycles. The normalized spacial score (nSPS) is 15.2. The first-order chi connectivity index (χ1) is 11.2. The van der Waals surface area contributed by atoms with Gasteiger partial charge >= 0.3 is 0 Å². The Bertz CT molecular complexity index is 667. The van der Waals surface area contributed by atoms with Crippen LogP contribution in [-0.4, -0.2) is 29.3 Å². The highest BCUT2D eigenvalue weighted by Gasteiger charge is 2.21. The standard InChI is InChI=1S/C17H20N4O2/c1-12-4-2-3-5-14(12)18-15-6-7-16(21-20-15)19-17(22)13-8-10-23-11-9-13/h2-7,13H,8-11H2,1H3,(H,18,20)(H,19,21,22). The van der Waals surface area contributed by atoms with Crippen LogP contribution in [0.4, 0.5) is 17.3 Å². The third kappa shape index (κ3) is 4.04. The summed E-state index contributed by atoms with van der Waals surface area (Å²) in [5.74, 6) is 1.10. The number of rotatable bonds is 4. The lowest BCUT2D eigenvalue weighted by molar-refractivity contribution is -0.122. The quantitative estimate of drug-likeness (QED) is 0.908. The molecule has 1 aromatic heterocycles. The molecule has 2 N–H and O–H groups in total. The van der Waals surface area contributed by atoms with Crippen LogP contribution in [0.5, 0.6) is 0 Å². The highest BCUT2D eigenvalue weighted by molar-refractivity contribution is 5.91. The lowest BCUT2D eigenvalue weighted by Crippen LogP contribution is -2.28. The van der Waals surface area contributed by atoms with Crippen molar-refractivity contribution in [1.82, 2.24) is 10.2 Å². The van der Waals surface area contributed by atoms with Crippen molar-refractivity contribution in [1.29, 1.82) is 0 Å². The number of ether oxygens (including phenoxy) is 1. The molecule has 0 atom stereocenters. The van der Waals surface area contributed by atoms with Gasteiger partial charge in [-0.25, -0.2) is 0 Å². The van der Waals surface area contributed by atoms with Crippen LogP contribution in [0, 0.1) is 12.8 Å². The molecule has 6 nitrogen and oxygen atoms in total. The van der Waals surface area contributed by atoms with E-state index in [-0.39, 0.29) is 11.8 Å². The molecule has 2 heterocycles. The zero-order chi connectivity index (χ0) is 16.1. The van der Waals surface area contributed by atoms with Crippen LogP contribution in [0.25, 0.3) is 0 Å². The van der Waals surface area contributed by atoms with Crippen molar-refractivity contribution in [2.24, 2.45) is 5.92 Å². The number of para-hydroxylation sites is 1. The molecule has 2 aromatic rings. The van der Waals surface area contributed by atoms with Gasteiger partial charge in [-0.1, -0.05) is 18.2 Å². The van der Waals surface area contributed by atoms with Gasteiger partial charge < -0.3 is 15.4 Å². The topological polar surface area (TPSA) is 76.1 Å². The maximum absolute atomic E-state index is 12.1. The van der Waals surface area contributed by atoms with E-state index in [0.29, 0.717) is 24.8 Å². The Labute approximate surface area is 135 Å². The van der Waals surface area contributed by atoms with Crippen LogP contribution < -0.4 is 10.6 Å². The predicted octanol–water partition coefficient (Wildman–Crippen LogP) is 2.89. The third-order valence-corrected chi connectivity index (χ3v) is 3.92. The number of nitrogens with zero attached hydrogens (tertiary/aromatic N) is 2. The number of nitrogens with one attached hydrogen (secondary N) is 2. The SMILES string of the molecule is Cc1ccccc1Nc1ccc(NC(=O)C2CCOCC2)nn1. The minimum atomic E-state index is -0.0118. The fourth-order valence-corrected chi connectivity index (χ4v) is 2.50. The highest BCUT2D eigenvalue weighted by Crippen LogP contribution is 2.19. The second-order valence-corrected chi connectivity index (χ2v) is 5.62. The van der Waals surface area contributed by atoms with E-state index in [2.05, 4.69) is 20.8 Å². The van der Waals surface area contributed by atoms with Crippen LogP contribution in [0.3, 0.4) is 0 Å². The molecule has 120 valence electrons. The summed E-state index contributed by atoms with van der Waals surface area (Å²) in [4.78, 5) is 12.1. The van der Waals surface area contributed by atoms with E-state index in [1.165, 1.54) is 0 Å². The van der Waals surface area contributed by atoms with Gasteiger partial charge in [0.05, 0.1) is 0 Å². The van der Waals surface area contributed by atoms with Crippen molar-refractivity contribution in [3.05, 3.63) is 42.0 Å². The van der Waals surface area contributed by atoms with Crippen LogP contribution >= 0.6 is 0 Å². The van der Waals surface area contributed by atoms with Gasteiger partial charge in [-0.2, -0.15) is 0 Å². The molecule has 1 saturated heterocycles. The van der Waals surface area contributed by atoms with Gasteiger partial charge in [0, 0.05) is 24.8 Å². The number of hydrogen-bond donors (Lipinski definition) is 2. The van der Waals surface area contributed by atoms with Gasteiger partial charge in [0.1, 0.15) is 0 Å². The van der Waals surface area contributed by atoms with Crippen molar-refractivity contribution in [2.75, 3.05) is 23.8 Å². The molecule has 0 bridgehead atoms. The largest absolute Gasteiger partial charge is 0.381 e. The highest BCUT2D eigenvalue weighted by atomic mass is 16.5. The number of hydrogen-bond acceptors (Lipinski definition) is 5. The molecule has 1 fully saturated rings. The monoisotopic (exact) mass is 312 g/mol. The fraction of sp³-hybridized carbons (Fsp3) is 0.353. The Hall–Kier alpha value is -2.47. The lowest BCUT2D eigenvalue weighted by Gasteiger charge is -2.20. The van der Waals surface area contributed by atoms with Crippen molar-refractivity contribution < 1.29 is 9.53 Å². The Morgan fingerprint density at radius 3 is 2.48 bits per heavy atom. The summed E-state index contributed by atoms with van der Waals surface area (Å²) in [7, 11) is 0. The van der Waals surface area contributed by atoms with Crippen molar-refractivity contribution in [2.45, 2.75) is 19.8 Å². The van der Waals surface area contributed by atoms with E-state index in [1.54, 1.807) is 12.1 Å². The Balaban J connectivity index is 1.60. The Morgan fingerprint density at radius 1 is 1.09 bits per heavy atom. The number of aryl methyl sites for hydroxylation is 1. The van der Waals surface area contributed by atoms with Gasteiger partial charge in [0.25, 0.3) is 0 Å². The molecule has 0 saturated carbocycles. The van der Waals surface area contributed by atoms with Crippen LogP contribution in [0.2, 0.25) is 0 Å². The molecule has 6 heteroatoms. The fourth-order valence-electron chi connectivity index (χ4n) is 2.50. The lowest BCUT2D eigenvalue weighted by atomic mass is 9.99. The third-order valence-electron chi connectivity index (χ3n) is 3.92. The first-order valence-corrected chi connectivity index (χ1v) is 7.77. The van der Waals surface area contributed by atoms with Gasteiger partial charge in [0.2, 0.25) is 5.91 Å². The minimum Gasteiger partial charge on any atom is -0.381 e. The molecule has 0 aliphatic carbocycles. The molecular weight excluding hydrogens is 292 g/mol. The summed E-state index contributed by atoms with van der Waals surface area (Å²) in [6.45, 7) is 3.31. The van der Waals surface area contributed by atoms with E-state index in [9.17, 15) is 4.79 Å². The minimum absolute atomic E-state index is 0.00433. The summed E-state index contributed by atoms with van der Waals surface area (Å²) in [6.07, 6.45) is 1.51. The van der Waals surface area contributed by atoms with Gasteiger partial charge in [-0.15, -0.1) is 10.2 Å². The second-order valence-electron chi connectivity index (χ2n) is 5.62. The van der Waals surface area contributed by atoms with Gasteiger partial charge in [0.15, 0.2) is 11.6 Å². The first-order valence-electron chi connectivity index (χ1n) is 7.77. The number of aromatic nitrogens is 2. The number of amides is 1. The van der Waals surface area contributed by atoms with Crippen LogP contribution in [0.15, 0.2) is 36.4 Å². The van der Waals surface area contributed by atoms with Crippen molar-refractivity contribution in [3.8, 4) is 0 Å². The zero-order valence-electron chi connectivity index (χ0n) is 13.1. The summed E-state index contributed by atoms with van der Waals surface area (Å²) >= 11 is 0. The Morgan fingerprint density at radius 2 is 1.78 bits per heavy atom. The molecule has 0 radical (unpaired) electrons. The van der Waals surface area contributed by atoms with E-state index >= 15 is 0 Å². The summed E-state index contributed by atoms with van der Waals surface area (Å²) in [6, 6.07) is 11.5. The number of carbonyl (C=O) groups excluding carboxylic acids is 1. The smallest absolute Gasteiger partial charge is 0.228 e. The molecule has 1 amide bonds. The molecule has 0 unspecified atom stereocenters. The molecule has 3 rings (SSSR count). The summed E-state index contributed by atoms with van der Waals surface area (Å²) in [5.41, 5.74) is 2.12. The maximum Gasteiger partial charge on any atom is 0.228 e. The summed E-state index contributed by atoms with van der Waals surface area (Å²) in [5, 5.41) is 14.2. The average Bonchev–Trinajstić information content (AvgIpc) is 2.59. The average molecular weight is 312 g/mol. The van der Waals surface area contributed by atoms with E-state index in [0.717, 1.165) is 24.1 Å². The van der Waals surface area contributed by atoms with E-state index in [1.807, 2.05) is 31.2 Å². The molecular formula is C17H20N4O2. The zero-order valence-corrected chi connectivity index (χ0v) is 13.1. The van der Waals surface area contributed by atoms with Crippen molar-refractivity contribution in [3.63, 3.8) is 0 Å². The first kappa shape index (κ1) is 15.4. The number of anilines is 3. The molecule has 23 heavy (non-hydrogen) atoms. The van der Waals surface area contributed by atoms with E-state index in [4.69, 9.17) is 4.74 Å². The van der Waals surface area contributed by atoms with Crippen LogP contribution in [-0.2, 0) is 9.53 Å². The van der Waals surface area contributed by atoms with Crippen LogP contribution in [0.1, 0.15) is 18.4 Å². The van der Waals surface area contributed by atoms with Gasteiger partial charge in [-0.3, -0.25) is 4.79 Å². The maximum atomic E-state index is 12.1. The molecule has 1 aromatic carbocycles. The van der Waals surface area contributed by atoms with Crippen molar-refractivity contribution >= 4 is 23.2 Å². The Kier molecular flexibility index (Phi) is 4.83. The molecule has 0 spiro atoms. The predicted molar refractivity (Wildman–Crippen MR) is 88.7 cm³/mol.